The summed E-state index contributed by atoms with van der Waals surface area (Å²) in [7, 11) is -3.89. The van der Waals surface area contributed by atoms with Crippen LogP contribution in [-0.4, -0.2) is 29.7 Å². The molecule has 0 radical (unpaired) electrons. The molecule has 33 heavy (non-hydrogen) atoms. The van der Waals surface area contributed by atoms with Crippen LogP contribution in [0.25, 0.3) is 11.0 Å². The standard InChI is InChI=1S/C23H22Cl2N4O3S/c24-18-4-1-5-21(22(18)25)33(31,32)28-17-9-6-16(7-10-17)14-29-20-11-8-15(3-2-12-30)13-19(20)27-23(29)26/h1,4-11,13,28,30H,2-3,12,14H2,(H2,26,27). The number of nitrogens with one attached hydrogen (secondary N) is 1. The molecule has 0 amide bonds. The second-order valence-electron chi connectivity index (χ2n) is 7.56. The maximum Gasteiger partial charge on any atom is 0.263 e. The minimum atomic E-state index is -3.89. The molecule has 0 aliphatic carbocycles. The van der Waals surface area contributed by atoms with Gasteiger partial charge in [0.1, 0.15) is 4.90 Å². The lowest BCUT2D eigenvalue weighted by atomic mass is 10.1. The molecule has 1 heterocycles. The number of imidazole rings is 1. The fourth-order valence-corrected chi connectivity index (χ4v) is 5.38. The molecule has 0 saturated heterocycles. The molecule has 0 saturated carbocycles. The molecule has 10 heteroatoms. The number of aliphatic hydroxyl groups is 1. The quantitative estimate of drug-likeness (QED) is 0.322. The number of halogens is 2. The predicted octanol–water partition coefficient (Wildman–Crippen LogP) is 4.70. The molecule has 0 bridgehead atoms. The molecule has 0 atom stereocenters. The smallest absolute Gasteiger partial charge is 0.263 e. The van der Waals surface area contributed by atoms with E-state index in [1.165, 1.54) is 18.2 Å². The number of anilines is 2. The molecule has 7 nitrogen and oxygen atoms in total. The van der Waals surface area contributed by atoms with Crippen LogP contribution in [0.4, 0.5) is 11.6 Å². The van der Waals surface area contributed by atoms with Crippen molar-refractivity contribution in [1.82, 2.24) is 9.55 Å². The topological polar surface area (TPSA) is 110 Å². The Balaban J connectivity index is 1.53. The summed E-state index contributed by atoms with van der Waals surface area (Å²) in [4.78, 5) is 4.37. The normalized spacial score (nSPS) is 11.7. The summed E-state index contributed by atoms with van der Waals surface area (Å²) in [6.07, 6.45) is 1.47. The Morgan fingerprint density at radius 1 is 1.03 bits per heavy atom. The van der Waals surface area contributed by atoms with E-state index < -0.39 is 10.0 Å². The van der Waals surface area contributed by atoms with Crippen LogP contribution in [0.15, 0.2) is 65.6 Å². The van der Waals surface area contributed by atoms with Gasteiger partial charge in [-0.25, -0.2) is 13.4 Å². The summed E-state index contributed by atoms with van der Waals surface area (Å²) in [5, 5.41) is 9.17. The molecule has 0 spiro atoms. The van der Waals surface area contributed by atoms with E-state index in [9.17, 15) is 8.42 Å². The zero-order valence-corrected chi connectivity index (χ0v) is 19.8. The number of aryl methyl sites for hydroxylation is 1. The van der Waals surface area contributed by atoms with Gasteiger partial charge < -0.3 is 15.4 Å². The number of nitrogens with zero attached hydrogens (tertiary/aromatic N) is 2. The number of hydrogen-bond acceptors (Lipinski definition) is 5. The molecular formula is C23H22Cl2N4O3S. The highest BCUT2D eigenvalue weighted by Crippen LogP contribution is 2.30. The third-order valence-electron chi connectivity index (χ3n) is 5.22. The second kappa shape index (κ2) is 9.61. The van der Waals surface area contributed by atoms with Crippen molar-refractivity contribution in [3.8, 4) is 0 Å². The number of rotatable bonds is 8. The Morgan fingerprint density at radius 3 is 2.48 bits per heavy atom. The molecule has 0 unspecified atom stereocenters. The van der Waals surface area contributed by atoms with Crippen molar-refractivity contribution < 1.29 is 13.5 Å². The van der Waals surface area contributed by atoms with E-state index in [1.807, 2.05) is 34.9 Å². The molecule has 4 aromatic rings. The van der Waals surface area contributed by atoms with E-state index in [0.717, 1.165) is 28.6 Å². The highest BCUT2D eigenvalue weighted by atomic mass is 35.5. The lowest BCUT2D eigenvalue weighted by Gasteiger charge is -2.11. The first-order valence-corrected chi connectivity index (χ1v) is 12.4. The van der Waals surface area contributed by atoms with Gasteiger partial charge in [-0.15, -0.1) is 0 Å². The first-order valence-electron chi connectivity index (χ1n) is 10.2. The van der Waals surface area contributed by atoms with E-state index in [1.54, 1.807) is 12.1 Å². The summed E-state index contributed by atoms with van der Waals surface area (Å²) in [5.74, 6) is 0.393. The van der Waals surface area contributed by atoms with Gasteiger partial charge in [0.15, 0.2) is 0 Å². The third kappa shape index (κ3) is 5.09. The zero-order chi connectivity index (χ0) is 23.6. The summed E-state index contributed by atoms with van der Waals surface area (Å²) in [6.45, 7) is 0.623. The molecule has 0 aliphatic heterocycles. The maximum atomic E-state index is 12.7. The van der Waals surface area contributed by atoms with Crippen LogP contribution in [-0.2, 0) is 23.0 Å². The summed E-state index contributed by atoms with van der Waals surface area (Å²) in [5.41, 5.74) is 10.3. The Bertz CT molecular complexity index is 1400. The molecule has 1 aromatic heterocycles. The maximum absolute atomic E-state index is 12.7. The van der Waals surface area contributed by atoms with Crippen molar-refractivity contribution in [3.63, 3.8) is 0 Å². The monoisotopic (exact) mass is 504 g/mol. The Kier molecular flexibility index (Phi) is 6.81. The summed E-state index contributed by atoms with van der Waals surface area (Å²) in [6, 6.07) is 17.4. The molecule has 0 aliphatic rings. The van der Waals surface area contributed by atoms with Gasteiger partial charge in [-0.3, -0.25) is 4.72 Å². The number of hydrogen-bond donors (Lipinski definition) is 3. The fraction of sp³-hybridized carbons (Fsp3) is 0.174. The average molecular weight is 505 g/mol. The van der Waals surface area contributed by atoms with Crippen molar-refractivity contribution in [2.75, 3.05) is 17.1 Å². The van der Waals surface area contributed by atoms with Gasteiger partial charge in [0.2, 0.25) is 5.95 Å². The number of benzene rings is 3. The van der Waals surface area contributed by atoms with Gasteiger partial charge in [-0.05, 0) is 60.4 Å². The summed E-state index contributed by atoms with van der Waals surface area (Å²) >= 11 is 12.0. The second-order valence-corrected chi connectivity index (χ2v) is 10.00. The van der Waals surface area contributed by atoms with Crippen molar-refractivity contribution in [2.24, 2.45) is 0 Å². The molecule has 172 valence electrons. The Labute approximate surface area is 201 Å². The van der Waals surface area contributed by atoms with Gasteiger partial charge in [0, 0.05) is 12.3 Å². The van der Waals surface area contributed by atoms with Crippen LogP contribution in [0.3, 0.4) is 0 Å². The minimum Gasteiger partial charge on any atom is -0.396 e. The van der Waals surface area contributed by atoms with E-state index in [-0.39, 0.29) is 21.5 Å². The number of aliphatic hydroxyl groups excluding tert-OH is 1. The lowest BCUT2D eigenvalue weighted by molar-refractivity contribution is 0.288. The van der Waals surface area contributed by atoms with Crippen LogP contribution in [0.2, 0.25) is 10.0 Å². The number of fused-ring (bicyclic) bond motifs is 1. The SMILES string of the molecule is Nc1nc2cc(CCCO)ccc2n1Cc1ccc(NS(=O)(=O)c2cccc(Cl)c2Cl)cc1. The Morgan fingerprint density at radius 2 is 1.76 bits per heavy atom. The Hall–Kier alpha value is -2.78. The van der Waals surface area contributed by atoms with E-state index >= 15 is 0 Å². The zero-order valence-electron chi connectivity index (χ0n) is 17.5. The number of sulfonamides is 1. The van der Waals surface area contributed by atoms with Crippen LogP contribution >= 0.6 is 23.2 Å². The lowest BCUT2D eigenvalue weighted by Crippen LogP contribution is -2.13. The number of nitrogen functional groups attached to an aromatic ring is 1. The van der Waals surface area contributed by atoms with Gasteiger partial charge in [0.25, 0.3) is 10.0 Å². The number of nitrogens with two attached hydrogens (primary N) is 1. The predicted molar refractivity (Wildman–Crippen MR) is 132 cm³/mol. The van der Waals surface area contributed by atoms with E-state index in [2.05, 4.69) is 9.71 Å². The van der Waals surface area contributed by atoms with Crippen LogP contribution < -0.4 is 10.5 Å². The molecule has 4 N–H and O–H groups in total. The summed E-state index contributed by atoms with van der Waals surface area (Å²) < 4.78 is 29.8. The molecule has 4 rings (SSSR count). The van der Waals surface area contributed by atoms with Crippen LogP contribution in [0.1, 0.15) is 17.5 Å². The molecular weight excluding hydrogens is 483 g/mol. The van der Waals surface area contributed by atoms with Gasteiger partial charge >= 0.3 is 0 Å². The van der Waals surface area contributed by atoms with Crippen molar-refractivity contribution in [1.29, 1.82) is 0 Å². The third-order valence-corrected chi connectivity index (χ3v) is 7.57. The minimum absolute atomic E-state index is 0.0229. The van der Waals surface area contributed by atoms with E-state index in [0.29, 0.717) is 24.6 Å². The first-order chi connectivity index (χ1) is 15.8. The van der Waals surface area contributed by atoms with Crippen molar-refractivity contribution in [2.45, 2.75) is 24.3 Å². The highest BCUT2D eigenvalue weighted by molar-refractivity contribution is 7.92. The van der Waals surface area contributed by atoms with Crippen molar-refractivity contribution >= 4 is 55.9 Å². The van der Waals surface area contributed by atoms with Gasteiger partial charge in [0.05, 0.1) is 27.6 Å². The van der Waals surface area contributed by atoms with Crippen LogP contribution in [0.5, 0.6) is 0 Å². The average Bonchev–Trinajstić information content (AvgIpc) is 3.09. The van der Waals surface area contributed by atoms with Gasteiger partial charge in [-0.1, -0.05) is 47.5 Å². The molecule has 3 aromatic carbocycles. The van der Waals surface area contributed by atoms with Crippen molar-refractivity contribution in [3.05, 3.63) is 81.8 Å². The highest BCUT2D eigenvalue weighted by Gasteiger charge is 2.19. The first kappa shape index (κ1) is 23.4. The molecule has 0 fully saturated rings. The largest absolute Gasteiger partial charge is 0.396 e. The van der Waals surface area contributed by atoms with Gasteiger partial charge in [-0.2, -0.15) is 0 Å². The van der Waals surface area contributed by atoms with E-state index in [4.69, 9.17) is 34.0 Å². The fourth-order valence-electron chi connectivity index (χ4n) is 3.56. The number of aromatic nitrogens is 2. The van der Waals surface area contributed by atoms with Crippen LogP contribution in [0, 0.1) is 0 Å².